The van der Waals surface area contributed by atoms with E-state index in [1.54, 1.807) is 24.3 Å². The molecule has 2 aromatic heterocycles. The number of hydrogen-bond donors (Lipinski definition) is 1. The Hall–Kier alpha value is -3.37. The molecule has 0 aliphatic carbocycles. The molecular formula is C32H36Cl2N6O3. The molecule has 226 valence electrons. The molecule has 2 fully saturated rings. The van der Waals surface area contributed by atoms with Crippen LogP contribution in [0.1, 0.15) is 26.7 Å². The van der Waals surface area contributed by atoms with Crippen LogP contribution in [0.25, 0.3) is 22.3 Å². The van der Waals surface area contributed by atoms with Crippen molar-refractivity contribution in [3.05, 3.63) is 75.0 Å². The van der Waals surface area contributed by atoms with E-state index in [0.717, 1.165) is 44.7 Å². The number of aromatic nitrogens is 3. The normalized spacial score (nSPS) is 16.6. The van der Waals surface area contributed by atoms with Crippen LogP contribution in [0, 0.1) is 5.92 Å². The lowest BCUT2D eigenvalue weighted by atomic mass is 10.0. The number of rotatable bonds is 8. The topological polar surface area (TPSA) is 84.8 Å². The summed E-state index contributed by atoms with van der Waals surface area (Å²) in [6, 6.07) is 17.3. The number of hydrogen-bond acceptors (Lipinski definition) is 8. The first-order valence-corrected chi connectivity index (χ1v) is 15.6. The van der Waals surface area contributed by atoms with E-state index < -0.39 is 0 Å². The second kappa shape index (κ2) is 13.1. The van der Waals surface area contributed by atoms with Gasteiger partial charge >= 0.3 is 0 Å². The van der Waals surface area contributed by atoms with Crippen LogP contribution in [0.2, 0.25) is 10.0 Å². The van der Waals surface area contributed by atoms with Gasteiger partial charge < -0.3 is 19.8 Å². The van der Waals surface area contributed by atoms with Crippen LogP contribution in [0.15, 0.2) is 59.4 Å². The standard InChI is InChI=1S/C32H36Cl2N6O3/c1-21(2)38-14-16-39(17-15-38)24-8-6-23(7-9-24)35-32-36-30(29-26(33)4-3-5-27(29)34)25-10-11-28(41)40(31(25)37-32)43-20-22-12-18-42-19-13-22/h3-11,21-22H,12-20H2,1-2H3,(H,35,36,37). The lowest BCUT2D eigenvalue weighted by Gasteiger charge is -2.38. The monoisotopic (exact) mass is 622 g/mol. The Bertz CT molecular complexity index is 1610. The minimum absolute atomic E-state index is 0.291. The van der Waals surface area contributed by atoms with Crippen molar-refractivity contribution in [2.45, 2.75) is 32.7 Å². The van der Waals surface area contributed by atoms with Crippen molar-refractivity contribution in [2.75, 3.05) is 56.2 Å². The summed E-state index contributed by atoms with van der Waals surface area (Å²) < 4.78 is 6.73. The number of nitrogens with one attached hydrogen (secondary N) is 1. The van der Waals surface area contributed by atoms with Crippen molar-refractivity contribution in [1.82, 2.24) is 19.6 Å². The summed E-state index contributed by atoms with van der Waals surface area (Å²) in [5.41, 5.74) is 3.07. The summed E-state index contributed by atoms with van der Waals surface area (Å²) in [4.78, 5) is 33.7. The number of ether oxygens (including phenoxy) is 1. The van der Waals surface area contributed by atoms with E-state index in [2.05, 4.69) is 41.1 Å². The third-order valence-electron chi connectivity index (χ3n) is 8.22. The maximum absolute atomic E-state index is 13.1. The van der Waals surface area contributed by atoms with E-state index in [1.807, 2.05) is 12.1 Å². The second-order valence-electron chi connectivity index (χ2n) is 11.3. The Morgan fingerprint density at radius 2 is 1.65 bits per heavy atom. The molecule has 2 aromatic carbocycles. The first kappa shape index (κ1) is 29.7. The largest absolute Gasteiger partial charge is 0.408 e. The lowest BCUT2D eigenvalue weighted by molar-refractivity contribution is 0.0152. The molecule has 0 unspecified atom stereocenters. The van der Waals surface area contributed by atoms with Gasteiger partial charge in [0.15, 0.2) is 5.65 Å². The number of nitrogens with zero attached hydrogens (tertiary/aromatic N) is 5. The van der Waals surface area contributed by atoms with Gasteiger partial charge in [0.05, 0.1) is 15.7 Å². The third-order valence-corrected chi connectivity index (χ3v) is 8.85. The molecule has 2 aliphatic rings. The van der Waals surface area contributed by atoms with E-state index in [9.17, 15) is 4.79 Å². The highest BCUT2D eigenvalue weighted by atomic mass is 35.5. The number of halogens is 2. The highest BCUT2D eigenvalue weighted by molar-refractivity contribution is 6.39. The highest BCUT2D eigenvalue weighted by Gasteiger charge is 2.22. The number of pyridine rings is 1. The number of piperazine rings is 1. The molecular weight excluding hydrogens is 587 g/mol. The minimum atomic E-state index is -0.317. The van der Waals surface area contributed by atoms with Gasteiger partial charge in [-0.05, 0) is 75.1 Å². The van der Waals surface area contributed by atoms with Gasteiger partial charge in [0.25, 0.3) is 5.56 Å². The fourth-order valence-corrected chi connectivity index (χ4v) is 6.24. The molecule has 6 rings (SSSR count). The summed E-state index contributed by atoms with van der Waals surface area (Å²) in [6.45, 7) is 10.3. The molecule has 0 amide bonds. The van der Waals surface area contributed by atoms with Crippen molar-refractivity contribution < 1.29 is 9.57 Å². The summed E-state index contributed by atoms with van der Waals surface area (Å²) in [7, 11) is 0. The van der Waals surface area contributed by atoms with E-state index in [1.165, 1.54) is 16.5 Å². The fraction of sp³-hybridized carbons (Fsp3) is 0.406. The molecule has 43 heavy (non-hydrogen) atoms. The van der Waals surface area contributed by atoms with Crippen molar-refractivity contribution in [2.24, 2.45) is 5.92 Å². The van der Waals surface area contributed by atoms with Crippen molar-refractivity contribution >= 4 is 51.6 Å². The zero-order chi connectivity index (χ0) is 29.9. The quantitative estimate of drug-likeness (QED) is 0.260. The average Bonchev–Trinajstić information content (AvgIpc) is 3.01. The Morgan fingerprint density at radius 3 is 2.33 bits per heavy atom. The summed E-state index contributed by atoms with van der Waals surface area (Å²) >= 11 is 13.3. The molecule has 9 nitrogen and oxygen atoms in total. The maximum atomic E-state index is 13.1. The van der Waals surface area contributed by atoms with Crippen LogP contribution < -0.4 is 20.6 Å². The molecule has 0 spiro atoms. The second-order valence-corrected chi connectivity index (χ2v) is 12.2. The third kappa shape index (κ3) is 6.60. The van der Waals surface area contributed by atoms with Crippen molar-refractivity contribution in [3.8, 4) is 11.3 Å². The van der Waals surface area contributed by atoms with Crippen molar-refractivity contribution in [3.63, 3.8) is 0 Å². The molecule has 0 bridgehead atoms. The lowest BCUT2D eigenvalue weighted by Crippen LogP contribution is -2.48. The predicted molar refractivity (Wildman–Crippen MR) is 173 cm³/mol. The van der Waals surface area contributed by atoms with Crippen LogP contribution >= 0.6 is 23.2 Å². The molecule has 1 N–H and O–H groups in total. The first-order chi connectivity index (χ1) is 20.9. The maximum Gasteiger partial charge on any atom is 0.285 e. The Kier molecular flexibility index (Phi) is 9.04. The number of anilines is 3. The summed E-state index contributed by atoms with van der Waals surface area (Å²) in [5, 5.41) is 4.82. The van der Waals surface area contributed by atoms with Crippen LogP contribution in [-0.2, 0) is 4.74 Å². The zero-order valence-corrected chi connectivity index (χ0v) is 25.9. The van der Waals surface area contributed by atoms with Gasteiger partial charge in [-0.25, -0.2) is 4.98 Å². The number of fused-ring (bicyclic) bond motifs is 1. The van der Waals surface area contributed by atoms with Gasteiger partial charge in [0.1, 0.15) is 6.61 Å². The Balaban J connectivity index is 1.34. The van der Waals surface area contributed by atoms with E-state index in [0.29, 0.717) is 70.1 Å². The first-order valence-electron chi connectivity index (χ1n) is 14.8. The van der Waals surface area contributed by atoms with E-state index >= 15 is 0 Å². The Morgan fingerprint density at radius 1 is 0.953 bits per heavy atom. The smallest absolute Gasteiger partial charge is 0.285 e. The van der Waals surface area contributed by atoms with Crippen LogP contribution in [-0.4, -0.2) is 71.6 Å². The SMILES string of the molecule is CC(C)N1CCN(c2ccc(Nc3nc(-c4c(Cl)cccc4Cl)c4ccc(=O)n(OCC5CCOCC5)c4n3)cc2)CC1. The van der Waals surface area contributed by atoms with Gasteiger partial charge in [-0.2, -0.15) is 4.98 Å². The highest BCUT2D eigenvalue weighted by Crippen LogP contribution is 2.37. The number of benzene rings is 2. The molecule has 4 heterocycles. The summed E-state index contributed by atoms with van der Waals surface area (Å²) in [6.07, 6.45) is 1.76. The van der Waals surface area contributed by atoms with Gasteiger partial charge in [-0.15, -0.1) is 4.73 Å². The van der Waals surface area contributed by atoms with Gasteiger partial charge in [-0.1, -0.05) is 29.3 Å². The van der Waals surface area contributed by atoms with Crippen LogP contribution in [0.4, 0.5) is 17.3 Å². The zero-order valence-electron chi connectivity index (χ0n) is 24.4. The fourth-order valence-electron chi connectivity index (χ4n) is 5.66. The minimum Gasteiger partial charge on any atom is -0.408 e. The Labute approximate surface area is 261 Å². The van der Waals surface area contributed by atoms with Gasteiger partial charge in [0, 0.05) is 73.8 Å². The van der Waals surface area contributed by atoms with Crippen LogP contribution in [0.5, 0.6) is 0 Å². The average molecular weight is 624 g/mol. The van der Waals surface area contributed by atoms with Gasteiger partial charge in [-0.3, -0.25) is 9.69 Å². The predicted octanol–water partition coefficient (Wildman–Crippen LogP) is 5.89. The molecule has 2 saturated heterocycles. The molecule has 0 radical (unpaired) electrons. The van der Waals surface area contributed by atoms with Crippen LogP contribution in [0.3, 0.4) is 0 Å². The molecule has 2 aliphatic heterocycles. The molecule has 4 aromatic rings. The van der Waals surface area contributed by atoms with E-state index in [-0.39, 0.29) is 5.56 Å². The molecule has 0 saturated carbocycles. The van der Waals surface area contributed by atoms with Crippen molar-refractivity contribution in [1.29, 1.82) is 0 Å². The summed E-state index contributed by atoms with van der Waals surface area (Å²) in [5.74, 6) is 0.588. The molecule has 11 heteroatoms. The van der Waals surface area contributed by atoms with E-state index in [4.69, 9.17) is 42.7 Å². The van der Waals surface area contributed by atoms with Gasteiger partial charge in [0.2, 0.25) is 5.95 Å². The molecule has 0 atom stereocenters.